The summed E-state index contributed by atoms with van der Waals surface area (Å²) in [5, 5.41) is 8.88. The van der Waals surface area contributed by atoms with Gasteiger partial charge < -0.3 is 4.74 Å². The molecule has 3 nitrogen and oxygen atoms in total. The van der Waals surface area contributed by atoms with Gasteiger partial charge in [0.2, 0.25) is 0 Å². The first-order valence-corrected chi connectivity index (χ1v) is 6.47. The van der Waals surface area contributed by atoms with Gasteiger partial charge in [-0.15, -0.1) is 0 Å². The Morgan fingerprint density at radius 3 is 2.56 bits per heavy atom. The standard InChI is InChI=1S/C13H22N2O/c1-16-13-8-11(9-13)10-15(7-6-14)12-4-2-3-5-12/h11-13H,2-5,7-10H2,1H3. The zero-order valence-corrected chi connectivity index (χ0v) is 10.2. The van der Waals surface area contributed by atoms with Crippen LogP contribution in [-0.4, -0.2) is 37.2 Å². The van der Waals surface area contributed by atoms with Crippen LogP contribution in [0.25, 0.3) is 0 Å². The molecule has 2 saturated carbocycles. The molecule has 16 heavy (non-hydrogen) atoms. The van der Waals surface area contributed by atoms with Gasteiger partial charge in [0, 0.05) is 19.7 Å². The maximum absolute atomic E-state index is 8.88. The second kappa shape index (κ2) is 5.65. The minimum Gasteiger partial charge on any atom is -0.381 e. The lowest BCUT2D eigenvalue weighted by atomic mass is 9.81. The lowest BCUT2D eigenvalue weighted by Gasteiger charge is -2.39. The summed E-state index contributed by atoms with van der Waals surface area (Å²) in [6.45, 7) is 1.72. The summed E-state index contributed by atoms with van der Waals surface area (Å²) < 4.78 is 5.30. The van der Waals surface area contributed by atoms with E-state index < -0.39 is 0 Å². The van der Waals surface area contributed by atoms with Crippen LogP contribution in [0.4, 0.5) is 0 Å². The summed E-state index contributed by atoms with van der Waals surface area (Å²) in [7, 11) is 1.80. The molecular weight excluding hydrogens is 200 g/mol. The predicted octanol–water partition coefficient (Wildman–Crippen LogP) is 2.18. The number of nitrogens with zero attached hydrogens (tertiary/aromatic N) is 2. The van der Waals surface area contributed by atoms with Gasteiger partial charge in [-0.1, -0.05) is 12.8 Å². The Morgan fingerprint density at radius 1 is 1.31 bits per heavy atom. The van der Waals surface area contributed by atoms with Crippen molar-refractivity contribution in [3.8, 4) is 6.07 Å². The van der Waals surface area contributed by atoms with Gasteiger partial charge in [0.1, 0.15) is 0 Å². The number of hydrogen-bond acceptors (Lipinski definition) is 3. The van der Waals surface area contributed by atoms with Crippen LogP contribution < -0.4 is 0 Å². The second-order valence-corrected chi connectivity index (χ2v) is 5.22. The first-order chi connectivity index (χ1) is 7.83. The van der Waals surface area contributed by atoms with Crippen molar-refractivity contribution >= 4 is 0 Å². The lowest BCUT2D eigenvalue weighted by molar-refractivity contribution is -0.0137. The molecule has 0 heterocycles. The van der Waals surface area contributed by atoms with E-state index in [4.69, 9.17) is 10.00 Å². The van der Waals surface area contributed by atoms with Gasteiger partial charge in [-0.2, -0.15) is 5.26 Å². The molecule has 3 heteroatoms. The van der Waals surface area contributed by atoms with Gasteiger partial charge in [0.25, 0.3) is 0 Å². The number of nitriles is 1. The smallest absolute Gasteiger partial charge is 0.0868 e. The average Bonchev–Trinajstić information content (AvgIpc) is 2.74. The van der Waals surface area contributed by atoms with Crippen LogP contribution >= 0.6 is 0 Å². The van der Waals surface area contributed by atoms with Crippen molar-refractivity contribution in [2.75, 3.05) is 20.2 Å². The van der Waals surface area contributed by atoms with E-state index in [1.807, 2.05) is 0 Å². The second-order valence-electron chi connectivity index (χ2n) is 5.22. The monoisotopic (exact) mass is 222 g/mol. The molecule has 0 aliphatic heterocycles. The average molecular weight is 222 g/mol. The zero-order valence-electron chi connectivity index (χ0n) is 10.2. The third-order valence-electron chi connectivity index (χ3n) is 4.13. The maximum Gasteiger partial charge on any atom is 0.0868 e. The summed E-state index contributed by atoms with van der Waals surface area (Å²) >= 11 is 0. The minimum absolute atomic E-state index is 0.484. The van der Waals surface area contributed by atoms with Crippen LogP contribution in [0.1, 0.15) is 38.5 Å². The van der Waals surface area contributed by atoms with Gasteiger partial charge in [0.05, 0.1) is 18.7 Å². The zero-order chi connectivity index (χ0) is 11.4. The van der Waals surface area contributed by atoms with Gasteiger partial charge in [-0.05, 0) is 31.6 Å². The van der Waals surface area contributed by atoms with Crippen LogP contribution in [0.15, 0.2) is 0 Å². The number of ether oxygens (including phenoxy) is 1. The van der Waals surface area contributed by atoms with Crippen molar-refractivity contribution in [3.63, 3.8) is 0 Å². The topological polar surface area (TPSA) is 36.3 Å². The predicted molar refractivity (Wildman–Crippen MR) is 63.0 cm³/mol. The molecule has 2 aliphatic rings. The highest BCUT2D eigenvalue weighted by Crippen LogP contribution is 2.32. The molecule has 0 aromatic rings. The molecule has 0 atom stereocenters. The van der Waals surface area contributed by atoms with E-state index in [9.17, 15) is 0 Å². The van der Waals surface area contributed by atoms with Crippen LogP contribution in [0.5, 0.6) is 0 Å². The molecule has 0 saturated heterocycles. The van der Waals surface area contributed by atoms with E-state index in [0.29, 0.717) is 18.7 Å². The molecule has 0 bridgehead atoms. The van der Waals surface area contributed by atoms with Crippen molar-refractivity contribution in [1.29, 1.82) is 5.26 Å². The van der Waals surface area contributed by atoms with Crippen molar-refractivity contribution in [2.45, 2.75) is 50.7 Å². The van der Waals surface area contributed by atoms with Gasteiger partial charge in [0.15, 0.2) is 0 Å². The molecule has 0 aromatic carbocycles. The lowest BCUT2D eigenvalue weighted by Crippen LogP contribution is -2.43. The van der Waals surface area contributed by atoms with Crippen LogP contribution in [0.2, 0.25) is 0 Å². The fourth-order valence-electron chi connectivity index (χ4n) is 3.05. The summed E-state index contributed by atoms with van der Waals surface area (Å²) in [5.41, 5.74) is 0. The quantitative estimate of drug-likeness (QED) is 0.669. The van der Waals surface area contributed by atoms with Gasteiger partial charge in [-0.3, -0.25) is 4.90 Å². The Kier molecular flexibility index (Phi) is 4.20. The summed E-state index contributed by atoms with van der Waals surface area (Å²) in [6.07, 6.45) is 8.13. The molecule has 2 aliphatic carbocycles. The fourth-order valence-corrected chi connectivity index (χ4v) is 3.05. The first kappa shape index (κ1) is 11.9. The molecule has 0 radical (unpaired) electrons. The van der Waals surface area contributed by atoms with Crippen molar-refractivity contribution in [1.82, 2.24) is 4.90 Å². The van der Waals surface area contributed by atoms with Crippen molar-refractivity contribution in [2.24, 2.45) is 5.92 Å². The summed E-state index contributed by atoms with van der Waals surface area (Å²) in [6, 6.07) is 3.00. The van der Waals surface area contributed by atoms with Crippen molar-refractivity contribution in [3.05, 3.63) is 0 Å². The minimum atomic E-state index is 0.484. The molecule has 2 rings (SSSR count). The maximum atomic E-state index is 8.88. The molecule has 0 amide bonds. The Labute approximate surface area is 98.4 Å². The highest BCUT2D eigenvalue weighted by atomic mass is 16.5. The van der Waals surface area contributed by atoms with Crippen LogP contribution in [0.3, 0.4) is 0 Å². The highest BCUT2D eigenvalue weighted by Gasteiger charge is 2.32. The van der Waals surface area contributed by atoms with E-state index in [1.165, 1.54) is 38.5 Å². The molecule has 0 spiro atoms. The largest absolute Gasteiger partial charge is 0.381 e. The Bertz CT molecular complexity index is 249. The molecule has 0 unspecified atom stereocenters. The Balaban J connectivity index is 1.77. The SMILES string of the molecule is COC1CC(CN(CC#N)C2CCCC2)C1. The number of methoxy groups -OCH3 is 1. The molecule has 90 valence electrons. The molecular formula is C13H22N2O. The van der Waals surface area contributed by atoms with Crippen LogP contribution in [0, 0.1) is 17.2 Å². The number of rotatable bonds is 5. The third-order valence-corrected chi connectivity index (χ3v) is 4.13. The summed E-state index contributed by atoms with van der Waals surface area (Å²) in [4.78, 5) is 2.41. The normalized spacial score (nSPS) is 30.3. The van der Waals surface area contributed by atoms with Crippen LogP contribution in [-0.2, 0) is 4.74 Å². The van der Waals surface area contributed by atoms with E-state index in [2.05, 4.69) is 11.0 Å². The third kappa shape index (κ3) is 2.75. The van der Waals surface area contributed by atoms with E-state index in [1.54, 1.807) is 7.11 Å². The highest BCUT2D eigenvalue weighted by molar-refractivity contribution is 4.89. The van der Waals surface area contributed by atoms with Gasteiger partial charge >= 0.3 is 0 Å². The summed E-state index contributed by atoms with van der Waals surface area (Å²) in [5.74, 6) is 0.763. The van der Waals surface area contributed by atoms with E-state index in [0.717, 1.165) is 12.5 Å². The molecule has 0 N–H and O–H groups in total. The Hall–Kier alpha value is -0.590. The Morgan fingerprint density at radius 2 is 2.00 bits per heavy atom. The molecule has 0 aromatic heterocycles. The van der Waals surface area contributed by atoms with E-state index >= 15 is 0 Å². The first-order valence-electron chi connectivity index (χ1n) is 6.47. The molecule has 2 fully saturated rings. The van der Waals surface area contributed by atoms with Gasteiger partial charge in [-0.25, -0.2) is 0 Å². The number of hydrogen-bond donors (Lipinski definition) is 0. The van der Waals surface area contributed by atoms with Crippen molar-refractivity contribution < 1.29 is 4.74 Å². The fraction of sp³-hybridized carbons (Fsp3) is 0.923. The van der Waals surface area contributed by atoms with E-state index in [-0.39, 0.29) is 0 Å².